The summed E-state index contributed by atoms with van der Waals surface area (Å²) in [6.07, 6.45) is 11.9. The molecule has 0 bridgehead atoms. The molecule has 1 heteroatoms. The van der Waals surface area contributed by atoms with Gasteiger partial charge < -0.3 is 0 Å². The molecule has 1 aliphatic rings. The van der Waals surface area contributed by atoms with Crippen molar-refractivity contribution < 1.29 is 0 Å². The summed E-state index contributed by atoms with van der Waals surface area (Å²) in [5, 5.41) is 8.91. The SMILES string of the molecule is CCCC[C@H]1CC[C@H](c2ccc(CCc3ccc(C#N)cc3)c(C)c2)CC1. The lowest BCUT2D eigenvalue weighted by molar-refractivity contribution is 0.304. The summed E-state index contributed by atoms with van der Waals surface area (Å²) in [6.45, 7) is 4.57. The van der Waals surface area contributed by atoms with Crippen molar-refractivity contribution in [3.8, 4) is 6.07 Å². The second-order valence-corrected chi connectivity index (χ2v) is 8.35. The number of rotatable bonds is 7. The lowest BCUT2D eigenvalue weighted by Gasteiger charge is -2.29. The van der Waals surface area contributed by atoms with Crippen molar-refractivity contribution in [2.24, 2.45) is 5.92 Å². The van der Waals surface area contributed by atoms with Crippen LogP contribution in [0.4, 0.5) is 0 Å². The maximum Gasteiger partial charge on any atom is 0.0991 e. The van der Waals surface area contributed by atoms with E-state index in [9.17, 15) is 0 Å². The molecule has 27 heavy (non-hydrogen) atoms. The van der Waals surface area contributed by atoms with Gasteiger partial charge in [-0.3, -0.25) is 0 Å². The molecule has 1 saturated carbocycles. The molecule has 0 radical (unpaired) electrons. The molecular formula is C26H33N. The zero-order chi connectivity index (χ0) is 19.1. The first-order valence-corrected chi connectivity index (χ1v) is 10.8. The van der Waals surface area contributed by atoms with E-state index in [1.165, 1.54) is 61.6 Å². The zero-order valence-corrected chi connectivity index (χ0v) is 17.0. The van der Waals surface area contributed by atoms with Gasteiger partial charge in [-0.25, -0.2) is 0 Å². The predicted molar refractivity (Wildman–Crippen MR) is 114 cm³/mol. The summed E-state index contributed by atoms with van der Waals surface area (Å²) < 4.78 is 0. The third-order valence-corrected chi connectivity index (χ3v) is 6.42. The van der Waals surface area contributed by atoms with Crippen molar-refractivity contribution in [2.45, 2.75) is 77.6 Å². The Hall–Kier alpha value is -2.07. The van der Waals surface area contributed by atoms with Gasteiger partial charge in [0.05, 0.1) is 11.6 Å². The molecule has 0 atom stereocenters. The van der Waals surface area contributed by atoms with Crippen LogP contribution in [0.15, 0.2) is 42.5 Å². The number of unbranched alkanes of at least 4 members (excludes halogenated alkanes) is 1. The number of hydrogen-bond donors (Lipinski definition) is 0. The second-order valence-electron chi connectivity index (χ2n) is 8.35. The molecule has 1 fully saturated rings. The molecule has 0 saturated heterocycles. The molecule has 0 N–H and O–H groups in total. The average molecular weight is 360 g/mol. The first-order chi connectivity index (χ1) is 13.2. The van der Waals surface area contributed by atoms with Crippen LogP contribution in [0.1, 0.15) is 85.6 Å². The van der Waals surface area contributed by atoms with Crippen LogP contribution in [0, 0.1) is 24.2 Å². The van der Waals surface area contributed by atoms with Gasteiger partial charge in [-0.05, 0) is 91.7 Å². The van der Waals surface area contributed by atoms with Crippen molar-refractivity contribution >= 4 is 0 Å². The van der Waals surface area contributed by atoms with E-state index in [0.717, 1.165) is 30.2 Å². The van der Waals surface area contributed by atoms with E-state index in [2.05, 4.69) is 50.2 Å². The zero-order valence-electron chi connectivity index (χ0n) is 17.0. The molecule has 142 valence electrons. The topological polar surface area (TPSA) is 23.8 Å². The first-order valence-electron chi connectivity index (χ1n) is 10.8. The molecule has 0 aliphatic heterocycles. The van der Waals surface area contributed by atoms with Crippen molar-refractivity contribution in [3.05, 3.63) is 70.3 Å². The molecule has 0 aromatic heterocycles. The highest BCUT2D eigenvalue weighted by molar-refractivity contribution is 5.35. The lowest BCUT2D eigenvalue weighted by atomic mass is 9.76. The van der Waals surface area contributed by atoms with Crippen LogP contribution in [-0.4, -0.2) is 0 Å². The van der Waals surface area contributed by atoms with Crippen LogP contribution in [0.3, 0.4) is 0 Å². The van der Waals surface area contributed by atoms with Gasteiger partial charge in [-0.1, -0.05) is 56.5 Å². The fraction of sp³-hybridized carbons (Fsp3) is 0.500. The van der Waals surface area contributed by atoms with Crippen LogP contribution in [0.5, 0.6) is 0 Å². The highest BCUT2D eigenvalue weighted by Crippen LogP contribution is 2.38. The molecule has 1 aliphatic carbocycles. The molecule has 0 unspecified atom stereocenters. The van der Waals surface area contributed by atoms with Gasteiger partial charge in [0.1, 0.15) is 0 Å². The molecule has 0 amide bonds. The quantitative estimate of drug-likeness (QED) is 0.516. The van der Waals surface area contributed by atoms with Gasteiger partial charge in [0.25, 0.3) is 0 Å². The largest absolute Gasteiger partial charge is 0.192 e. The summed E-state index contributed by atoms with van der Waals surface area (Å²) in [4.78, 5) is 0. The fourth-order valence-electron chi connectivity index (χ4n) is 4.56. The summed E-state index contributed by atoms with van der Waals surface area (Å²) in [6, 6.07) is 17.4. The summed E-state index contributed by atoms with van der Waals surface area (Å²) in [5.41, 5.74) is 6.50. The summed E-state index contributed by atoms with van der Waals surface area (Å²) in [5.74, 6) is 1.75. The number of benzene rings is 2. The minimum atomic E-state index is 0.740. The maximum atomic E-state index is 8.91. The van der Waals surface area contributed by atoms with Crippen molar-refractivity contribution in [3.63, 3.8) is 0 Å². The molecule has 1 nitrogen and oxygen atoms in total. The average Bonchev–Trinajstić information content (AvgIpc) is 2.72. The Labute approximate surface area is 165 Å². The van der Waals surface area contributed by atoms with E-state index in [1.54, 1.807) is 5.56 Å². The van der Waals surface area contributed by atoms with Crippen LogP contribution in [0.2, 0.25) is 0 Å². The second kappa shape index (κ2) is 9.75. The monoisotopic (exact) mass is 359 g/mol. The number of nitrogens with zero attached hydrogens (tertiary/aromatic N) is 1. The Kier molecular flexibility index (Phi) is 7.11. The van der Waals surface area contributed by atoms with Crippen molar-refractivity contribution in [2.75, 3.05) is 0 Å². The van der Waals surface area contributed by atoms with E-state index in [1.807, 2.05) is 12.1 Å². The lowest BCUT2D eigenvalue weighted by Crippen LogP contribution is -2.13. The van der Waals surface area contributed by atoms with Gasteiger partial charge in [0, 0.05) is 0 Å². The Bertz CT molecular complexity index is 758. The standard InChI is InChI=1S/C26H33N/c1-3-4-5-21-11-14-25(15-12-21)26-17-16-24(20(2)18-26)13-10-22-6-8-23(19-27)9-7-22/h6-9,16-18,21,25H,3-5,10-15H2,1-2H3/t21-,25-. The van der Waals surface area contributed by atoms with Gasteiger partial charge in [-0.15, -0.1) is 0 Å². The number of aryl methyl sites for hydroxylation is 3. The van der Waals surface area contributed by atoms with Crippen LogP contribution in [0.25, 0.3) is 0 Å². The smallest absolute Gasteiger partial charge is 0.0991 e. The highest BCUT2D eigenvalue weighted by Gasteiger charge is 2.22. The normalized spacial score (nSPS) is 19.6. The molecule has 2 aromatic carbocycles. The number of hydrogen-bond acceptors (Lipinski definition) is 1. The van der Waals surface area contributed by atoms with Crippen molar-refractivity contribution in [1.82, 2.24) is 0 Å². The van der Waals surface area contributed by atoms with Crippen LogP contribution >= 0.6 is 0 Å². The Balaban J connectivity index is 1.55. The maximum absolute atomic E-state index is 8.91. The Morgan fingerprint density at radius 2 is 1.70 bits per heavy atom. The van der Waals surface area contributed by atoms with Crippen LogP contribution in [-0.2, 0) is 12.8 Å². The van der Waals surface area contributed by atoms with Gasteiger partial charge in [0.2, 0.25) is 0 Å². The predicted octanol–water partition coefficient (Wildman–Crippen LogP) is 7.12. The summed E-state index contributed by atoms with van der Waals surface area (Å²) in [7, 11) is 0. The minimum Gasteiger partial charge on any atom is -0.192 e. The van der Waals surface area contributed by atoms with Gasteiger partial charge in [-0.2, -0.15) is 5.26 Å². The van der Waals surface area contributed by atoms with Gasteiger partial charge >= 0.3 is 0 Å². The fourth-order valence-corrected chi connectivity index (χ4v) is 4.56. The third-order valence-electron chi connectivity index (χ3n) is 6.42. The van der Waals surface area contributed by atoms with E-state index < -0.39 is 0 Å². The van der Waals surface area contributed by atoms with E-state index in [4.69, 9.17) is 5.26 Å². The van der Waals surface area contributed by atoms with Crippen molar-refractivity contribution in [1.29, 1.82) is 5.26 Å². The highest BCUT2D eigenvalue weighted by atomic mass is 14.3. The number of nitriles is 1. The molecule has 0 heterocycles. The van der Waals surface area contributed by atoms with Crippen LogP contribution < -0.4 is 0 Å². The minimum absolute atomic E-state index is 0.740. The molecule has 3 rings (SSSR count). The van der Waals surface area contributed by atoms with E-state index in [0.29, 0.717) is 0 Å². The van der Waals surface area contributed by atoms with Gasteiger partial charge in [0.15, 0.2) is 0 Å². The summed E-state index contributed by atoms with van der Waals surface area (Å²) >= 11 is 0. The molecule has 0 spiro atoms. The van der Waals surface area contributed by atoms with E-state index >= 15 is 0 Å². The Morgan fingerprint density at radius 3 is 2.33 bits per heavy atom. The first kappa shape index (κ1) is 19.7. The Morgan fingerprint density at radius 1 is 0.963 bits per heavy atom. The molecule has 2 aromatic rings. The van der Waals surface area contributed by atoms with E-state index in [-0.39, 0.29) is 0 Å². The third kappa shape index (κ3) is 5.46. The molecular weight excluding hydrogens is 326 g/mol.